The van der Waals surface area contributed by atoms with Crippen LogP contribution in [0, 0.1) is 0 Å². The Kier molecular flexibility index (Phi) is 5.25. The number of aryl methyl sites for hydroxylation is 1. The molecule has 0 aliphatic carbocycles. The number of rotatable bonds is 4. The maximum Gasteiger partial charge on any atom is 0.408 e. The van der Waals surface area contributed by atoms with Gasteiger partial charge in [0.15, 0.2) is 0 Å². The van der Waals surface area contributed by atoms with E-state index in [1.165, 1.54) is 17.1 Å². The predicted molar refractivity (Wildman–Crippen MR) is 70.7 cm³/mol. The van der Waals surface area contributed by atoms with E-state index in [-0.39, 0.29) is 6.54 Å². The molecule has 0 saturated heterocycles. The van der Waals surface area contributed by atoms with E-state index in [1.54, 1.807) is 27.7 Å². The van der Waals surface area contributed by atoms with Gasteiger partial charge in [0.05, 0.1) is 30.7 Å². The molecule has 0 aliphatic heterocycles. The molecule has 1 heterocycles. The zero-order chi connectivity index (χ0) is 16.3. The quantitative estimate of drug-likeness (QED) is 0.927. The Morgan fingerprint density at radius 2 is 2.05 bits per heavy atom. The van der Waals surface area contributed by atoms with Crippen molar-refractivity contribution < 1.29 is 22.7 Å². The van der Waals surface area contributed by atoms with Crippen LogP contribution in [0.15, 0.2) is 12.5 Å². The van der Waals surface area contributed by atoms with Gasteiger partial charge in [-0.2, -0.15) is 13.2 Å². The number of aromatic nitrogens is 2. The molecule has 0 fully saturated rings. The third-order valence-electron chi connectivity index (χ3n) is 2.56. The summed E-state index contributed by atoms with van der Waals surface area (Å²) in [6.07, 6.45) is -3.07. The number of halogens is 3. The van der Waals surface area contributed by atoms with E-state index in [0.717, 1.165) is 0 Å². The van der Waals surface area contributed by atoms with Crippen LogP contribution < -0.4 is 5.32 Å². The zero-order valence-corrected chi connectivity index (χ0v) is 12.5. The second-order valence-electron chi connectivity index (χ2n) is 5.74. The van der Waals surface area contributed by atoms with Crippen LogP contribution in [0.4, 0.5) is 18.0 Å². The number of imidazole rings is 1. The van der Waals surface area contributed by atoms with Gasteiger partial charge in [-0.3, -0.25) is 0 Å². The molecule has 1 aromatic rings. The van der Waals surface area contributed by atoms with Crippen LogP contribution in [0.25, 0.3) is 0 Å². The van der Waals surface area contributed by atoms with Gasteiger partial charge >= 0.3 is 12.3 Å². The van der Waals surface area contributed by atoms with Crippen LogP contribution in [0.5, 0.6) is 0 Å². The molecule has 0 saturated carbocycles. The first kappa shape index (κ1) is 17.3. The number of alkyl carbamates (subject to hydrolysis) is 1. The molecule has 1 atom stereocenters. The molecular formula is C13H20F3N3O2. The van der Waals surface area contributed by atoms with Crippen LogP contribution in [-0.4, -0.2) is 27.4 Å². The molecule has 21 heavy (non-hydrogen) atoms. The van der Waals surface area contributed by atoms with Crippen LogP contribution in [0.2, 0.25) is 0 Å². The lowest BCUT2D eigenvalue weighted by Gasteiger charge is -2.22. The van der Waals surface area contributed by atoms with Gasteiger partial charge in [-0.15, -0.1) is 0 Å². The third kappa shape index (κ3) is 6.50. The van der Waals surface area contributed by atoms with Crippen molar-refractivity contribution >= 4 is 6.09 Å². The molecular weight excluding hydrogens is 287 g/mol. The van der Waals surface area contributed by atoms with Gasteiger partial charge in [-0.1, -0.05) is 0 Å². The molecule has 0 aliphatic rings. The number of hydrogen-bond donors (Lipinski definition) is 1. The van der Waals surface area contributed by atoms with Gasteiger partial charge < -0.3 is 14.6 Å². The third-order valence-corrected chi connectivity index (χ3v) is 2.56. The van der Waals surface area contributed by atoms with E-state index in [2.05, 4.69) is 10.3 Å². The fourth-order valence-electron chi connectivity index (χ4n) is 1.68. The first-order chi connectivity index (χ1) is 9.48. The Bertz CT molecular complexity index is 478. The Balaban J connectivity index is 2.65. The first-order valence-electron chi connectivity index (χ1n) is 6.54. The summed E-state index contributed by atoms with van der Waals surface area (Å²) >= 11 is 0. The minimum absolute atomic E-state index is 0.237. The van der Waals surface area contributed by atoms with E-state index in [4.69, 9.17) is 4.74 Å². The van der Waals surface area contributed by atoms with Crippen LogP contribution in [-0.2, 0) is 11.3 Å². The summed E-state index contributed by atoms with van der Waals surface area (Å²) in [6, 6.07) is -0.504. The maximum atomic E-state index is 12.3. The molecule has 1 aromatic heterocycles. The molecule has 1 N–H and O–H groups in total. The van der Waals surface area contributed by atoms with Gasteiger partial charge in [0.25, 0.3) is 0 Å². The largest absolute Gasteiger partial charge is 0.444 e. The maximum absolute atomic E-state index is 12.3. The summed E-state index contributed by atoms with van der Waals surface area (Å²) in [7, 11) is 0. The van der Waals surface area contributed by atoms with Gasteiger partial charge in [0, 0.05) is 6.54 Å². The highest BCUT2D eigenvalue weighted by Crippen LogP contribution is 2.22. The Morgan fingerprint density at radius 3 is 2.57 bits per heavy atom. The van der Waals surface area contributed by atoms with Gasteiger partial charge in [-0.05, 0) is 27.7 Å². The van der Waals surface area contributed by atoms with Crippen molar-refractivity contribution in [3.05, 3.63) is 18.2 Å². The fraction of sp³-hybridized carbons (Fsp3) is 0.692. The summed E-state index contributed by atoms with van der Waals surface area (Å²) in [5.41, 5.74) is -0.148. The molecule has 1 amide bonds. The molecule has 5 nitrogen and oxygen atoms in total. The van der Waals surface area contributed by atoms with E-state index < -0.39 is 30.3 Å². The summed E-state index contributed by atoms with van der Waals surface area (Å²) in [5, 5.41) is 2.57. The summed E-state index contributed by atoms with van der Waals surface area (Å²) in [6.45, 7) is 6.60. The second kappa shape index (κ2) is 6.36. The van der Waals surface area contributed by atoms with Crippen LogP contribution >= 0.6 is 0 Å². The smallest absolute Gasteiger partial charge is 0.408 e. The number of ether oxygens (including phenoxy) is 1. The predicted octanol–water partition coefficient (Wildman–Crippen LogP) is 3.42. The van der Waals surface area contributed by atoms with Crippen molar-refractivity contribution in [1.29, 1.82) is 0 Å². The normalized spacial score (nSPS) is 13.9. The molecule has 0 bridgehead atoms. The minimum Gasteiger partial charge on any atom is -0.444 e. The number of carbonyl (C=O) groups excluding carboxylic acids is 1. The van der Waals surface area contributed by atoms with Crippen molar-refractivity contribution in [2.45, 2.75) is 58.5 Å². The van der Waals surface area contributed by atoms with E-state index in [1.807, 2.05) is 0 Å². The average Bonchev–Trinajstić information content (AvgIpc) is 2.70. The number of hydrogen-bond acceptors (Lipinski definition) is 3. The lowest BCUT2D eigenvalue weighted by molar-refractivity contribution is -0.136. The van der Waals surface area contributed by atoms with Crippen molar-refractivity contribution in [2.24, 2.45) is 0 Å². The van der Waals surface area contributed by atoms with Crippen molar-refractivity contribution in [2.75, 3.05) is 0 Å². The van der Waals surface area contributed by atoms with E-state index in [9.17, 15) is 18.0 Å². The topological polar surface area (TPSA) is 56.1 Å². The molecule has 1 rings (SSSR count). The highest BCUT2D eigenvalue weighted by atomic mass is 19.4. The number of amides is 1. The molecule has 0 unspecified atom stereocenters. The monoisotopic (exact) mass is 307 g/mol. The SMILES string of the molecule is C[C@H](NC(=O)OC(C)(C)C)c1cncn1CCC(F)(F)F. The lowest BCUT2D eigenvalue weighted by atomic mass is 10.2. The highest BCUT2D eigenvalue weighted by molar-refractivity contribution is 5.68. The van der Waals surface area contributed by atoms with Gasteiger partial charge in [0.2, 0.25) is 0 Å². The zero-order valence-electron chi connectivity index (χ0n) is 12.5. The van der Waals surface area contributed by atoms with Crippen LogP contribution in [0.3, 0.4) is 0 Å². The molecule has 8 heteroatoms. The summed E-state index contributed by atoms with van der Waals surface area (Å²) < 4.78 is 43.2. The van der Waals surface area contributed by atoms with Crippen molar-refractivity contribution in [1.82, 2.24) is 14.9 Å². The molecule has 0 radical (unpaired) electrons. The highest BCUT2D eigenvalue weighted by Gasteiger charge is 2.27. The standard InChI is InChI=1S/C13H20F3N3O2/c1-9(18-11(20)21-12(2,3)4)10-7-17-8-19(10)6-5-13(14,15)16/h7-9H,5-6H2,1-4H3,(H,18,20)/t9-/m0/s1. The summed E-state index contributed by atoms with van der Waals surface area (Å²) in [5.74, 6) is 0. The molecule has 0 aromatic carbocycles. The van der Waals surface area contributed by atoms with Gasteiger partial charge in [0.1, 0.15) is 5.60 Å². The summed E-state index contributed by atoms with van der Waals surface area (Å²) in [4.78, 5) is 15.5. The Labute approximate surface area is 121 Å². The Morgan fingerprint density at radius 1 is 1.43 bits per heavy atom. The second-order valence-corrected chi connectivity index (χ2v) is 5.74. The number of carbonyl (C=O) groups is 1. The number of alkyl halides is 3. The molecule has 120 valence electrons. The first-order valence-corrected chi connectivity index (χ1v) is 6.54. The lowest BCUT2D eigenvalue weighted by Crippen LogP contribution is -2.34. The van der Waals surface area contributed by atoms with Gasteiger partial charge in [-0.25, -0.2) is 9.78 Å². The van der Waals surface area contributed by atoms with Crippen molar-refractivity contribution in [3.63, 3.8) is 0 Å². The van der Waals surface area contributed by atoms with E-state index >= 15 is 0 Å². The Hall–Kier alpha value is -1.73. The van der Waals surface area contributed by atoms with Crippen LogP contribution in [0.1, 0.15) is 45.9 Å². The molecule has 0 spiro atoms. The number of nitrogens with zero attached hydrogens (tertiary/aromatic N) is 2. The average molecular weight is 307 g/mol. The minimum atomic E-state index is -4.23. The van der Waals surface area contributed by atoms with E-state index in [0.29, 0.717) is 5.69 Å². The van der Waals surface area contributed by atoms with Crippen molar-refractivity contribution in [3.8, 4) is 0 Å². The number of nitrogens with one attached hydrogen (secondary N) is 1. The fourth-order valence-corrected chi connectivity index (χ4v) is 1.68.